The Hall–Kier alpha value is -3.28. The average Bonchev–Trinajstić information content (AvgIpc) is 3.08. The Morgan fingerprint density at radius 3 is 2.35 bits per heavy atom. The predicted molar refractivity (Wildman–Crippen MR) is 97.4 cm³/mol. The number of hydrogen-bond acceptors (Lipinski definition) is 5. The van der Waals surface area contributed by atoms with Gasteiger partial charge in [0.2, 0.25) is 0 Å². The highest BCUT2D eigenvalue weighted by Gasteiger charge is 2.22. The van der Waals surface area contributed by atoms with Gasteiger partial charge in [0.05, 0.1) is 19.9 Å². The maximum absolute atomic E-state index is 12.7. The summed E-state index contributed by atoms with van der Waals surface area (Å²) >= 11 is 0. The summed E-state index contributed by atoms with van der Waals surface area (Å²) in [5, 5.41) is 6.87. The normalized spacial score (nSPS) is 10.4. The summed E-state index contributed by atoms with van der Waals surface area (Å²) in [6, 6.07) is 15.0. The van der Waals surface area contributed by atoms with Gasteiger partial charge in [0.15, 0.2) is 5.76 Å². The minimum absolute atomic E-state index is 0.246. The van der Waals surface area contributed by atoms with Crippen molar-refractivity contribution in [1.29, 1.82) is 0 Å². The van der Waals surface area contributed by atoms with E-state index in [1.807, 2.05) is 30.3 Å². The number of carbonyl (C=O) groups excluding carboxylic acids is 1. The zero-order valence-electron chi connectivity index (χ0n) is 14.9. The van der Waals surface area contributed by atoms with E-state index in [1.54, 1.807) is 39.3 Å². The number of hydrogen-bond donors (Lipinski definition) is 1. The first-order chi connectivity index (χ1) is 12.6. The van der Waals surface area contributed by atoms with Crippen LogP contribution in [-0.4, -0.2) is 25.3 Å². The lowest BCUT2D eigenvalue weighted by atomic mass is 10.1. The van der Waals surface area contributed by atoms with Gasteiger partial charge in [-0.05, 0) is 24.6 Å². The molecular formula is C20H20N2O4. The number of amides is 1. The highest BCUT2D eigenvalue weighted by Crippen LogP contribution is 2.32. The summed E-state index contributed by atoms with van der Waals surface area (Å²) in [6.45, 7) is 2.16. The molecule has 0 aliphatic rings. The Morgan fingerprint density at radius 2 is 1.73 bits per heavy atom. The van der Waals surface area contributed by atoms with E-state index < -0.39 is 0 Å². The Labute approximate surface area is 151 Å². The minimum atomic E-state index is -0.246. The van der Waals surface area contributed by atoms with Gasteiger partial charge in [-0.2, -0.15) is 0 Å². The van der Waals surface area contributed by atoms with Crippen LogP contribution >= 0.6 is 0 Å². The fourth-order valence-electron chi connectivity index (χ4n) is 2.64. The van der Waals surface area contributed by atoms with Crippen LogP contribution in [-0.2, 0) is 6.54 Å². The second-order valence-corrected chi connectivity index (χ2v) is 5.74. The molecule has 2 aromatic carbocycles. The molecule has 1 N–H and O–H groups in total. The molecule has 0 saturated carbocycles. The Balaban J connectivity index is 1.90. The fraction of sp³-hybridized carbons (Fsp3) is 0.200. The summed E-state index contributed by atoms with van der Waals surface area (Å²) in [5.74, 6) is 1.34. The van der Waals surface area contributed by atoms with E-state index in [1.165, 1.54) is 0 Å². The maximum Gasteiger partial charge on any atom is 0.257 e. The number of benzene rings is 2. The first kappa shape index (κ1) is 17.5. The van der Waals surface area contributed by atoms with Gasteiger partial charge in [0.1, 0.15) is 17.1 Å². The summed E-state index contributed by atoms with van der Waals surface area (Å²) < 4.78 is 16.0. The number of aromatic nitrogens is 1. The molecule has 3 rings (SSSR count). The molecular weight excluding hydrogens is 332 g/mol. The standard InChI is InChI=1S/C20H20N2O4/c1-13-18(20(23)21-12-14-7-5-4-6-8-14)19(26-22-13)15-9-16(24-2)11-17(10-15)25-3/h4-11H,12H2,1-3H3,(H,21,23). The van der Waals surface area contributed by atoms with Crippen molar-refractivity contribution in [2.75, 3.05) is 14.2 Å². The van der Waals surface area contributed by atoms with Crippen LogP contribution in [0.25, 0.3) is 11.3 Å². The van der Waals surface area contributed by atoms with Gasteiger partial charge in [-0.25, -0.2) is 0 Å². The number of ether oxygens (including phenoxy) is 2. The van der Waals surface area contributed by atoms with E-state index >= 15 is 0 Å². The molecule has 6 heteroatoms. The average molecular weight is 352 g/mol. The maximum atomic E-state index is 12.7. The highest BCUT2D eigenvalue weighted by molar-refractivity contribution is 6.00. The summed E-state index contributed by atoms with van der Waals surface area (Å²) in [7, 11) is 3.13. The van der Waals surface area contributed by atoms with Crippen molar-refractivity contribution in [3.63, 3.8) is 0 Å². The van der Waals surface area contributed by atoms with Crippen molar-refractivity contribution < 1.29 is 18.8 Å². The molecule has 0 atom stereocenters. The van der Waals surface area contributed by atoms with Crippen LogP contribution in [0.5, 0.6) is 11.5 Å². The first-order valence-corrected chi connectivity index (χ1v) is 8.14. The molecule has 1 aromatic heterocycles. The third-order valence-electron chi connectivity index (χ3n) is 4.00. The van der Waals surface area contributed by atoms with Crippen molar-refractivity contribution in [2.24, 2.45) is 0 Å². The molecule has 0 unspecified atom stereocenters. The smallest absolute Gasteiger partial charge is 0.257 e. The third-order valence-corrected chi connectivity index (χ3v) is 4.00. The molecule has 0 saturated heterocycles. The molecule has 0 aliphatic carbocycles. The lowest BCUT2D eigenvalue weighted by molar-refractivity contribution is 0.0950. The fourth-order valence-corrected chi connectivity index (χ4v) is 2.64. The van der Waals surface area contributed by atoms with Crippen LogP contribution in [0.2, 0.25) is 0 Å². The first-order valence-electron chi connectivity index (χ1n) is 8.14. The number of methoxy groups -OCH3 is 2. The lowest BCUT2D eigenvalue weighted by Crippen LogP contribution is -2.23. The van der Waals surface area contributed by atoms with E-state index in [9.17, 15) is 4.79 Å². The third kappa shape index (κ3) is 3.69. The molecule has 0 bridgehead atoms. The molecule has 6 nitrogen and oxygen atoms in total. The molecule has 0 fully saturated rings. The molecule has 0 spiro atoms. The predicted octanol–water partition coefficient (Wildman–Crippen LogP) is 3.60. The van der Waals surface area contributed by atoms with Crippen molar-refractivity contribution >= 4 is 5.91 Å². The van der Waals surface area contributed by atoms with Crippen LogP contribution in [0.3, 0.4) is 0 Å². The zero-order chi connectivity index (χ0) is 18.5. The van der Waals surface area contributed by atoms with Gasteiger partial charge in [-0.3, -0.25) is 4.79 Å². The lowest BCUT2D eigenvalue weighted by Gasteiger charge is -2.09. The van der Waals surface area contributed by atoms with Gasteiger partial charge >= 0.3 is 0 Å². The number of carbonyl (C=O) groups is 1. The summed E-state index contributed by atoms with van der Waals surface area (Å²) in [6.07, 6.45) is 0. The van der Waals surface area contributed by atoms with Crippen molar-refractivity contribution in [1.82, 2.24) is 10.5 Å². The van der Waals surface area contributed by atoms with Crippen molar-refractivity contribution in [2.45, 2.75) is 13.5 Å². The van der Waals surface area contributed by atoms with Gasteiger partial charge in [-0.1, -0.05) is 35.5 Å². The zero-order valence-corrected chi connectivity index (χ0v) is 14.9. The monoisotopic (exact) mass is 352 g/mol. The molecule has 134 valence electrons. The molecule has 0 radical (unpaired) electrons. The molecule has 26 heavy (non-hydrogen) atoms. The number of nitrogens with one attached hydrogen (secondary N) is 1. The van der Waals surface area contributed by atoms with E-state index in [4.69, 9.17) is 14.0 Å². The van der Waals surface area contributed by atoms with E-state index in [-0.39, 0.29) is 5.91 Å². The van der Waals surface area contributed by atoms with E-state index in [0.717, 1.165) is 5.56 Å². The highest BCUT2D eigenvalue weighted by atomic mass is 16.5. The van der Waals surface area contributed by atoms with Crippen LogP contribution in [0.1, 0.15) is 21.6 Å². The minimum Gasteiger partial charge on any atom is -0.497 e. The summed E-state index contributed by atoms with van der Waals surface area (Å²) in [5.41, 5.74) is 2.59. The number of nitrogens with zero attached hydrogens (tertiary/aromatic N) is 1. The van der Waals surface area contributed by atoms with E-state index in [0.29, 0.717) is 40.6 Å². The Kier molecular flexibility index (Phi) is 5.22. The largest absolute Gasteiger partial charge is 0.497 e. The van der Waals surface area contributed by atoms with Crippen molar-refractivity contribution in [3.05, 3.63) is 65.4 Å². The van der Waals surface area contributed by atoms with Gasteiger partial charge in [-0.15, -0.1) is 0 Å². The topological polar surface area (TPSA) is 73.6 Å². The second kappa shape index (κ2) is 7.74. The molecule has 1 amide bonds. The van der Waals surface area contributed by atoms with Gasteiger partial charge in [0, 0.05) is 18.2 Å². The van der Waals surface area contributed by atoms with Crippen LogP contribution < -0.4 is 14.8 Å². The quantitative estimate of drug-likeness (QED) is 0.734. The molecule has 1 heterocycles. The van der Waals surface area contributed by atoms with Crippen LogP contribution in [0.4, 0.5) is 0 Å². The summed E-state index contributed by atoms with van der Waals surface area (Å²) in [4.78, 5) is 12.7. The molecule has 0 aliphatic heterocycles. The van der Waals surface area contributed by atoms with E-state index in [2.05, 4.69) is 10.5 Å². The van der Waals surface area contributed by atoms with Gasteiger partial charge in [0.25, 0.3) is 5.91 Å². The van der Waals surface area contributed by atoms with Crippen molar-refractivity contribution in [3.8, 4) is 22.8 Å². The second-order valence-electron chi connectivity index (χ2n) is 5.74. The SMILES string of the molecule is COc1cc(OC)cc(-c2onc(C)c2C(=O)NCc2ccccc2)c1. The molecule has 3 aromatic rings. The van der Waals surface area contributed by atoms with Gasteiger partial charge < -0.3 is 19.3 Å². The Morgan fingerprint density at radius 1 is 1.08 bits per heavy atom. The van der Waals surface area contributed by atoms with Crippen LogP contribution in [0, 0.1) is 6.92 Å². The number of aryl methyl sites for hydroxylation is 1. The van der Waals surface area contributed by atoms with Crippen LogP contribution in [0.15, 0.2) is 53.1 Å². The Bertz CT molecular complexity index is 881. The number of rotatable bonds is 6.